The Bertz CT molecular complexity index is 1560. The Hall–Kier alpha value is -3.75. The number of carbonyl (C=O) groups excluding carboxylic acids is 1. The molecule has 0 fully saturated rings. The zero-order valence-corrected chi connectivity index (χ0v) is 31.6. The Kier molecular flexibility index (Phi) is 13.1. The van der Waals surface area contributed by atoms with Crippen LogP contribution in [0.2, 0.25) is 5.04 Å². The number of unbranched alkanes of at least 4 members (excludes halogenated alkanes) is 3. The maximum atomic E-state index is 13.8. The van der Waals surface area contributed by atoms with Crippen molar-refractivity contribution in [1.82, 2.24) is 10.2 Å². The first kappa shape index (κ1) is 37.5. The van der Waals surface area contributed by atoms with E-state index >= 15 is 0 Å². The number of amides is 1. The standard InChI is InChI=1S/C43H56N2O4Si/c1-6-7-8-19-28-45(33(2)30-46)29-34(31-49-50(43(3,4)5,35-20-11-9-12-21-35)36-22-13-10-14-23-36)44-42(47)48-32-41-39-26-17-15-24-37(39)38-25-16-18-27-40(38)41/h9-18,20-27,33-34,41,46H,6-8,19,28-32H2,1-5H3,(H,44,47)/t33-,34-/m0/s1. The van der Waals surface area contributed by atoms with Gasteiger partial charge in [0.25, 0.3) is 8.32 Å². The minimum absolute atomic E-state index is 0.0237. The SMILES string of the molecule is CCCCCCN(C[C@@H](CO[Si](c1ccccc1)(c1ccccc1)C(C)(C)C)NC(=O)OCC1c2ccccc2-c2ccccc21)[C@@H](C)CO. The average molecular weight is 693 g/mol. The van der Waals surface area contributed by atoms with Gasteiger partial charge >= 0.3 is 6.09 Å². The highest BCUT2D eigenvalue weighted by molar-refractivity contribution is 6.99. The number of hydrogen-bond donors (Lipinski definition) is 2. The van der Waals surface area contributed by atoms with Crippen molar-refractivity contribution in [3.05, 3.63) is 120 Å². The van der Waals surface area contributed by atoms with Gasteiger partial charge in [-0.1, -0.05) is 156 Å². The van der Waals surface area contributed by atoms with Crippen LogP contribution in [0.4, 0.5) is 4.79 Å². The van der Waals surface area contributed by atoms with Gasteiger partial charge < -0.3 is 19.6 Å². The molecule has 0 saturated carbocycles. The molecule has 1 aliphatic carbocycles. The predicted molar refractivity (Wildman–Crippen MR) is 208 cm³/mol. The first-order valence-electron chi connectivity index (χ1n) is 18.4. The summed E-state index contributed by atoms with van der Waals surface area (Å²) < 4.78 is 13.4. The van der Waals surface area contributed by atoms with E-state index in [0.29, 0.717) is 13.2 Å². The fourth-order valence-electron chi connectivity index (χ4n) is 7.57. The highest BCUT2D eigenvalue weighted by Gasteiger charge is 2.50. The van der Waals surface area contributed by atoms with Crippen molar-refractivity contribution in [2.75, 3.05) is 32.9 Å². The largest absolute Gasteiger partial charge is 0.449 e. The van der Waals surface area contributed by atoms with Gasteiger partial charge in [-0.2, -0.15) is 0 Å². The van der Waals surface area contributed by atoms with Crippen LogP contribution in [0.15, 0.2) is 109 Å². The summed E-state index contributed by atoms with van der Waals surface area (Å²) in [6.45, 7) is 13.0. The summed E-state index contributed by atoms with van der Waals surface area (Å²) in [6, 6.07) is 37.5. The molecule has 4 aromatic rings. The third-order valence-corrected chi connectivity index (χ3v) is 15.2. The Labute approximate surface area is 301 Å². The lowest BCUT2D eigenvalue weighted by Crippen LogP contribution is -2.67. The van der Waals surface area contributed by atoms with Crippen LogP contribution in [0.5, 0.6) is 0 Å². The third kappa shape index (κ3) is 8.57. The van der Waals surface area contributed by atoms with Gasteiger partial charge in [0.15, 0.2) is 0 Å². The molecule has 2 atom stereocenters. The van der Waals surface area contributed by atoms with Gasteiger partial charge in [-0.05, 0) is 57.6 Å². The maximum absolute atomic E-state index is 13.8. The summed E-state index contributed by atoms with van der Waals surface area (Å²) >= 11 is 0. The zero-order valence-electron chi connectivity index (χ0n) is 30.6. The van der Waals surface area contributed by atoms with Crippen LogP contribution in [-0.4, -0.2) is 69.4 Å². The number of ether oxygens (including phenoxy) is 1. The number of benzene rings is 4. The topological polar surface area (TPSA) is 71.0 Å². The summed E-state index contributed by atoms with van der Waals surface area (Å²) in [5, 5.41) is 15.7. The predicted octanol–water partition coefficient (Wildman–Crippen LogP) is 7.73. The summed E-state index contributed by atoms with van der Waals surface area (Å²) in [7, 11) is -2.86. The van der Waals surface area contributed by atoms with E-state index in [4.69, 9.17) is 9.16 Å². The van der Waals surface area contributed by atoms with Gasteiger partial charge in [0.05, 0.1) is 19.3 Å². The first-order valence-corrected chi connectivity index (χ1v) is 20.3. The first-order chi connectivity index (χ1) is 24.2. The molecule has 6 nitrogen and oxygen atoms in total. The second-order valence-electron chi connectivity index (χ2n) is 14.7. The van der Waals surface area contributed by atoms with E-state index in [1.54, 1.807) is 0 Å². The summed E-state index contributed by atoms with van der Waals surface area (Å²) in [4.78, 5) is 16.1. The number of aliphatic hydroxyl groups is 1. The Morgan fingerprint density at radius 1 is 0.820 bits per heavy atom. The highest BCUT2D eigenvalue weighted by atomic mass is 28.4. The van der Waals surface area contributed by atoms with Crippen molar-refractivity contribution in [1.29, 1.82) is 0 Å². The Morgan fingerprint density at radius 3 is 1.88 bits per heavy atom. The molecule has 0 saturated heterocycles. The van der Waals surface area contributed by atoms with Crippen molar-refractivity contribution in [2.24, 2.45) is 0 Å². The van der Waals surface area contributed by atoms with Gasteiger partial charge in [-0.15, -0.1) is 0 Å². The van der Waals surface area contributed by atoms with E-state index in [-0.39, 0.29) is 36.3 Å². The average Bonchev–Trinajstić information content (AvgIpc) is 3.45. The van der Waals surface area contributed by atoms with Gasteiger partial charge in [0.1, 0.15) is 6.61 Å². The molecule has 1 amide bonds. The molecule has 0 aromatic heterocycles. The molecule has 0 radical (unpaired) electrons. The van der Waals surface area contributed by atoms with Crippen LogP contribution in [0.3, 0.4) is 0 Å². The number of nitrogens with zero attached hydrogens (tertiary/aromatic N) is 1. The number of hydrogen-bond acceptors (Lipinski definition) is 5. The second kappa shape index (κ2) is 17.5. The molecule has 0 spiro atoms. The van der Waals surface area contributed by atoms with Crippen molar-refractivity contribution in [3.63, 3.8) is 0 Å². The van der Waals surface area contributed by atoms with E-state index < -0.39 is 14.4 Å². The van der Waals surface area contributed by atoms with Crippen LogP contribution in [-0.2, 0) is 9.16 Å². The zero-order chi connectivity index (χ0) is 35.6. The van der Waals surface area contributed by atoms with Crippen LogP contribution < -0.4 is 15.7 Å². The Balaban J connectivity index is 1.41. The molecule has 7 heteroatoms. The lowest BCUT2D eigenvalue weighted by Gasteiger charge is -2.44. The van der Waals surface area contributed by atoms with E-state index in [1.165, 1.54) is 39.0 Å². The molecule has 0 heterocycles. The monoisotopic (exact) mass is 692 g/mol. The maximum Gasteiger partial charge on any atom is 0.407 e. The van der Waals surface area contributed by atoms with Gasteiger partial charge in [0.2, 0.25) is 0 Å². The molecule has 266 valence electrons. The smallest absolute Gasteiger partial charge is 0.407 e. The number of nitrogens with one attached hydrogen (secondary N) is 1. The molecular weight excluding hydrogens is 637 g/mol. The molecule has 1 aliphatic rings. The van der Waals surface area contributed by atoms with E-state index in [9.17, 15) is 9.90 Å². The highest BCUT2D eigenvalue weighted by Crippen LogP contribution is 2.44. The van der Waals surface area contributed by atoms with E-state index in [2.05, 4.69) is 123 Å². The number of fused-ring (bicyclic) bond motifs is 3. The van der Waals surface area contributed by atoms with Crippen LogP contribution in [0.1, 0.15) is 77.3 Å². The summed E-state index contributed by atoms with van der Waals surface area (Å²) in [5.74, 6) is -0.0237. The fraction of sp³-hybridized carbons (Fsp3) is 0.419. The number of carbonyl (C=O) groups is 1. The van der Waals surface area contributed by atoms with Gasteiger partial charge in [-0.3, -0.25) is 4.90 Å². The second-order valence-corrected chi connectivity index (χ2v) is 19.0. The molecule has 4 aromatic carbocycles. The molecule has 0 aliphatic heterocycles. The molecule has 2 N–H and O–H groups in total. The third-order valence-electron chi connectivity index (χ3n) is 10.2. The van der Waals surface area contributed by atoms with Crippen LogP contribution >= 0.6 is 0 Å². The van der Waals surface area contributed by atoms with E-state index in [0.717, 1.165) is 25.8 Å². The van der Waals surface area contributed by atoms with Crippen molar-refractivity contribution in [3.8, 4) is 11.1 Å². The molecule has 0 bridgehead atoms. The minimum atomic E-state index is -2.86. The Morgan fingerprint density at radius 2 is 1.36 bits per heavy atom. The quantitative estimate of drug-likeness (QED) is 0.0876. The van der Waals surface area contributed by atoms with E-state index in [1.807, 2.05) is 31.2 Å². The minimum Gasteiger partial charge on any atom is -0.449 e. The normalized spacial score (nSPS) is 14.2. The lowest BCUT2D eigenvalue weighted by atomic mass is 9.98. The van der Waals surface area contributed by atoms with Crippen molar-refractivity contribution in [2.45, 2.75) is 83.3 Å². The molecule has 5 rings (SSSR count). The van der Waals surface area contributed by atoms with Crippen LogP contribution in [0.25, 0.3) is 11.1 Å². The summed E-state index contributed by atoms with van der Waals surface area (Å²) in [6.07, 6.45) is 4.05. The number of rotatable bonds is 17. The van der Waals surface area contributed by atoms with Gasteiger partial charge in [-0.25, -0.2) is 4.79 Å². The summed E-state index contributed by atoms with van der Waals surface area (Å²) in [5.41, 5.74) is 4.77. The molecule has 0 unspecified atom stereocenters. The number of alkyl carbamates (subject to hydrolysis) is 1. The van der Waals surface area contributed by atoms with Crippen LogP contribution in [0, 0.1) is 0 Å². The molecule has 50 heavy (non-hydrogen) atoms. The molecular formula is C43H56N2O4Si. The van der Waals surface area contributed by atoms with Gasteiger partial charge in [0, 0.05) is 18.5 Å². The fourth-order valence-corrected chi connectivity index (χ4v) is 12.2. The number of aliphatic hydroxyl groups excluding tert-OH is 1. The van der Waals surface area contributed by atoms with Crippen molar-refractivity contribution >= 4 is 24.8 Å². The lowest BCUT2D eigenvalue weighted by molar-refractivity contribution is 0.0988. The van der Waals surface area contributed by atoms with Crippen molar-refractivity contribution < 1.29 is 19.1 Å².